The van der Waals surface area contributed by atoms with Crippen molar-refractivity contribution >= 4 is 27.5 Å². The summed E-state index contributed by atoms with van der Waals surface area (Å²) in [6.45, 7) is 3.92. The number of carbonyl (C=O) groups is 1. The second kappa shape index (κ2) is 6.93. The molecule has 0 unspecified atom stereocenters. The van der Waals surface area contributed by atoms with Crippen LogP contribution < -0.4 is 10.5 Å². The molecule has 0 radical (unpaired) electrons. The Morgan fingerprint density at radius 3 is 2.33 bits per heavy atom. The average Bonchev–Trinajstić information content (AvgIpc) is 2.52. The maximum Gasteiger partial charge on any atom is 0.238 e. The summed E-state index contributed by atoms with van der Waals surface area (Å²) in [5.41, 5.74) is 0.848. The first-order valence-corrected chi connectivity index (χ1v) is 9.19. The molecule has 7 heteroatoms. The van der Waals surface area contributed by atoms with Crippen LogP contribution in [0.25, 0.3) is 0 Å². The number of sulfonamides is 1. The molecule has 0 spiro atoms. The second-order valence-corrected chi connectivity index (χ2v) is 8.00. The highest BCUT2D eigenvalue weighted by atomic mass is 35.5. The van der Waals surface area contributed by atoms with Gasteiger partial charge in [0.15, 0.2) is 0 Å². The molecule has 2 aromatic rings. The highest BCUT2D eigenvalue weighted by molar-refractivity contribution is 7.89. The molecular formula is C17H19ClN2O3S. The summed E-state index contributed by atoms with van der Waals surface area (Å²) in [6, 6.07) is 13.2. The van der Waals surface area contributed by atoms with Gasteiger partial charge in [-0.3, -0.25) is 4.79 Å². The molecule has 24 heavy (non-hydrogen) atoms. The van der Waals surface area contributed by atoms with Crippen LogP contribution in [0.15, 0.2) is 53.4 Å². The third-order valence-electron chi connectivity index (χ3n) is 3.82. The van der Waals surface area contributed by atoms with Crippen molar-refractivity contribution in [2.24, 2.45) is 5.14 Å². The number of hydrogen-bond donors (Lipinski definition) is 2. The highest BCUT2D eigenvalue weighted by Crippen LogP contribution is 2.26. The summed E-state index contributed by atoms with van der Waals surface area (Å²) in [4.78, 5) is 12.5. The molecular weight excluding hydrogens is 348 g/mol. The Labute approximate surface area is 146 Å². The van der Waals surface area contributed by atoms with E-state index in [4.69, 9.17) is 16.7 Å². The van der Waals surface area contributed by atoms with E-state index in [0.29, 0.717) is 5.02 Å². The molecule has 0 saturated carbocycles. The average molecular weight is 367 g/mol. The number of amides is 1. The van der Waals surface area contributed by atoms with E-state index in [0.717, 1.165) is 11.1 Å². The molecule has 0 aliphatic heterocycles. The lowest BCUT2D eigenvalue weighted by atomic mass is 9.83. The molecule has 2 aromatic carbocycles. The van der Waals surface area contributed by atoms with Gasteiger partial charge in [-0.1, -0.05) is 35.9 Å². The zero-order valence-electron chi connectivity index (χ0n) is 13.4. The van der Waals surface area contributed by atoms with Crippen molar-refractivity contribution in [3.63, 3.8) is 0 Å². The van der Waals surface area contributed by atoms with Gasteiger partial charge in [0.05, 0.1) is 10.3 Å². The van der Waals surface area contributed by atoms with E-state index in [9.17, 15) is 13.2 Å². The van der Waals surface area contributed by atoms with Crippen molar-refractivity contribution in [3.05, 3.63) is 64.7 Å². The number of carbonyl (C=O) groups excluding carboxylic acids is 1. The van der Waals surface area contributed by atoms with Gasteiger partial charge in [-0.2, -0.15) is 0 Å². The molecule has 0 aromatic heterocycles. The fourth-order valence-electron chi connectivity index (χ4n) is 2.21. The zero-order valence-corrected chi connectivity index (χ0v) is 15.0. The largest absolute Gasteiger partial charge is 0.351 e. The van der Waals surface area contributed by atoms with Crippen LogP contribution in [0.5, 0.6) is 0 Å². The summed E-state index contributed by atoms with van der Waals surface area (Å²) < 4.78 is 22.4. The zero-order chi connectivity index (χ0) is 18.0. The highest BCUT2D eigenvalue weighted by Gasteiger charge is 2.29. The lowest BCUT2D eigenvalue weighted by Gasteiger charge is -2.24. The third kappa shape index (κ3) is 4.35. The summed E-state index contributed by atoms with van der Waals surface area (Å²) >= 11 is 5.99. The molecule has 128 valence electrons. The van der Waals surface area contributed by atoms with Crippen molar-refractivity contribution in [1.29, 1.82) is 0 Å². The molecule has 0 saturated heterocycles. The van der Waals surface area contributed by atoms with E-state index >= 15 is 0 Å². The van der Waals surface area contributed by atoms with E-state index in [1.165, 1.54) is 12.1 Å². The van der Waals surface area contributed by atoms with Crippen LogP contribution >= 0.6 is 11.6 Å². The monoisotopic (exact) mass is 366 g/mol. The SMILES string of the molecule is CC(C)(C(=O)NCc1ccc(S(N)(=O)=O)cc1)c1cccc(Cl)c1. The van der Waals surface area contributed by atoms with Crippen molar-refractivity contribution in [1.82, 2.24) is 5.32 Å². The first kappa shape index (κ1) is 18.4. The van der Waals surface area contributed by atoms with Gasteiger partial charge in [0.1, 0.15) is 0 Å². The topological polar surface area (TPSA) is 89.3 Å². The standard InChI is InChI=1S/C17H19ClN2O3S/c1-17(2,13-4-3-5-14(18)10-13)16(21)20-11-12-6-8-15(9-7-12)24(19,22)23/h3-10H,11H2,1-2H3,(H,20,21)(H2,19,22,23). The molecule has 0 aliphatic carbocycles. The van der Waals surface area contributed by atoms with Crippen molar-refractivity contribution in [2.75, 3.05) is 0 Å². The molecule has 0 fully saturated rings. The molecule has 0 aliphatic rings. The molecule has 0 bridgehead atoms. The van der Waals surface area contributed by atoms with Gasteiger partial charge >= 0.3 is 0 Å². The molecule has 0 atom stereocenters. The van der Waals surface area contributed by atoms with Crippen LogP contribution in [-0.2, 0) is 26.8 Å². The number of rotatable bonds is 5. The number of nitrogens with two attached hydrogens (primary N) is 1. The molecule has 3 N–H and O–H groups in total. The van der Waals surface area contributed by atoms with E-state index in [2.05, 4.69) is 5.32 Å². The number of hydrogen-bond acceptors (Lipinski definition) is 3. The fourth-order valence-corrected chi connectivity index (χ4v) is 2.91. The Morgan fingerprint density at radius 2 is 1.79 bits per heavy atom. The van der Waals surface area contributed by atoms with E-state index in [1.807, 2.05) is 19.9 Å². The Kier molecular flexibility index (Phi) is 5.32. The van der Waals surface area contributed by atoms with Gasteiger partial charge in [0, 0.05) is 11.6 Å². The number of benzene rings is 2. The van der Waals surface area contributed by atoms with Crippen LogP contribution in [0, 0.1) is 0 Å². The summed E-state index contributed by atoms with van der Waals surface area (Å²) in [6.07, 6.45) is 0. The molecule has 2 rings (SSSR count). The smallest absolute Gasteiger partial charge is 0.238 e. The molecule has 5 nitrogen and oxygen atoms in total. The quantitative estimate of drug-likeness (QED) is 0.852. The van der Waals surface area contributed by atoms with Gasteiger partial charge in [-0.05, 0) is 49.2 Å². The normalized spacial score (nSPS) is 12.0. The number of halogens is 1. The van der Waals surface area contributed by atoms with Crippen LogP contribution in [0.4, 0.5) is 0 Å². The number of nitrogens with one attached hydrogen (secondary N) is 1. The van der Waals surface area contributed by atoms with E-state index < -0.39 is 15.4 Å². The first-order chi connectivity index (χ1) is 11.1. The number of primary sulfonamides is 1. The predicted octanol–water partition coefficient (Wildman–Crippen LogP) is 2.58. The van der Waals surface area contributed by atoms with Crippen LogP contribution in [0.2, 0.25) is 5.02 Å². The molecule has 0 heterocycles. The summed E-state index contributed by atoms with van der Waals surface area (Å²) in [7, 11) is -3.71. The Bertz CT molecular complexity index is 846. The van der Waals surface area contributed by atoms with Gasteiger partial charge in [-0.15, -0.1) is 0 Å². The summed E-state index contributed by atoms with van der Waals surface area (Å²) in [5, 5.41) is 8.48. The first-order valence-electron chi connectivity index (χ1n) is 7.27. The van der Waals surface area contributed by atoms with Gasteiger partial charge in [0.25, 0.3) is 0 Å². The lowest BCUT2D eigenvalue weighted by molar-refractivity contribution is -0.125. The minimum absolute atomic E-state index is 0.0387. The second-order valence-electron chi connectivity index (χ2n) is 6.01. The fraction of sp³-hybridized carbons (Fsp3) is 0.235. The predicted molar refractivity (Wildman–Crippen MR) is 94.1 cm³/mol. The maximum absolute atomic E-state index is 12.5. The van der Waals surface area contributed by atoms with E-state index in [1.54, 1.807) is 30.3 Å². The van der Waals surface area contributed by atoms with Gasteiger partial charge in [0.2, 0.25) is 15.9 Å². The minimum atomic E-state index is -3.71. The Morgan fingerprint density at radius 1 is 1.17 bits per heavy atom. The van der Waals surface area contributed by atoms with Crippen LogP contribution in [0.1, 0.15) is 25.0 Å². The van der Waals surface area contributed by atoms with Gasteiger partial charge < -0.3 is 5.32 Å². The molecule has 1 amide bonds. The lowest BCUT2D eigenvalue weighted by Crippen LogP contribution is -2.39. The third-order valence-corrected chi connectivity index (χ3v) is 4.98. The maximum atomic E-state index is 12.5. The van der Waals surface area contributed by atoms with Gasteiger partial charge in [-0.25, -0.2) is 13.6 Å². The van der Waals surface area contributed by atoms with Crippen LogP contribution in [-0.4, -0.2) is 14.3 Å². The minimum Gasteiger partial charge on any atom is -0.351 e. The van der Waals surface area contributed by atoms with Crippen LogP contribution in [0.3, 0.4) is 0 Å². The van der Waals surface area contributed by atoms with Crippen molar-refractivity contribution < 1.29 is 13.2 Å². The Balaban J connectivity index is 2.07. The van der Waals surface area contributed by atoms with Crippen molar-refractivity contribution in [2.45, 2.75) is 30.7 Å². The summed E-state index contributed by atoms with van der Waals surface area (Å²) in [5.74, 6) is -0.153. The van der Waals surface area contributed by atoms with E-state index in [-0.39, 0.29) is 17.3 Å². The Hall–Kier alpha value is -1.89. The van der Waals surface area contributed by atoms with Crippen molar-refractivity contribution in [3.8, 4) is 0 Å².